The summed E-state index contributed by atoms with van der Waals surface area (Å²) in [5, 5.41) is 4.78. The number of methoxy groups -OCH3 is 1. The minimum absolute atomic E-state index is 0.202. The molecule has 0 radical (unpaired) electrons. The lowest BCUT2D eigenvalue weighted by Gasteiger charge is -2.10. The molecule has 1 aromatic heterocycles. The van der Waals surface area contributed by atoms with Crippen LogP contribution in [-0.4, -0.2) is 24.5 Å². The van der Waals surface area contributed by atoms with E-state index in [0.717, 1.165) is 5.69 Å². The van der Waals surface area contributed by atoms with Crippen molar-refractivity contribution in [2.45, 2.75) is 6.42 Å². The summed E-state index contributed by atoms with van der Waals surface area (Å²) < 4.78 is 5.09. The van der Waals surface area contributed by atoms with Gasteiger partial charge in [-0.2, -0.15) is 0 Å². The molecule has 0 unspecified atom stereocenters. The predicted molar refractivity (Wildman–Crippen MR) is 75.6 cm³/mol. The fourth-order valence-corrected chi connectivity index (χ4v) is 2.27. The highest BCUT2D eigenvalue weighted by atomic mass is 32.1. The van der Waals surface area contributed by atoms with Crippen LogP contribution in [0.15, 0.2) is 29.1 Å². The summed E-state index contributed by atoms with van der Waals surface area (Å²) >= 11 is 1.54. The topological polar surface area (TPSA) is 77.2 Å². The molecule has 1 aromatic carbocycles. The van der Waals surface area contributed by atoms with Crippen LogP contribution in [0.5, 0.6) is 5.75 Å². The summed E-state index contributed by atoms with van der Waals surface area (Å²) in [7, 11) is 1.52. The molecule has 6 heteroatoms. The number of rotatable bonds is 5. The molecule has 1 heterocycles. The third-order valence-electron chi connectivity index (χ3n) is 2.68. The number of ether oxygens (including phenoxy) is 1. The zero-order valence-corrected chi connectivity index (χ0v) is 11.4. The number of hydrogen-bond donors (Lipinski definition) is 2. The van der Waals surface area contributed by atoms with Gasteiger partial charge in [-0.05, 0) is 12.1 Å². The van der Waals surface area contributed by atoms with Gasteiger partial charge in [-0.1, -0.05) is 6.07 Å². The van der Waals surface area contributed by atoms with E-state index >= 15 is 0 Å². The molecule has 100 valence electrons. The number of benzene rings is 1. The summed E-state index contributed by atoms with van der Waals surface area (Å²) in [6, 6.07) is 5.14. The fraction of sp³-hybridized carbons (Fsp3) is 0.231. The number of carbonyl (C=O) groups excluding carboxylic acids is 1. The zero-order valence-electron chi connectivity index (χ0n) is 10.6. The Bertz CT molecular complexity index is 555. The number of carbonyl (C=O) groups is 1. The fourth-order valence-electron chi connectivity index (χ4n) is 1.68. The normalized spacial score (nSPS) is 10.2. The Morgan fingerprint density at radius 3 is 3.05 bits per heavy atom. The van der Waals surface area contributed by atoms with Crippen LogP contribution in [0.2, 0.25) is 0 Å². The summed E-state index contributed by atoms with van der Waals surface area (Å²) in [6.07, 6.45) is 0.707. The van der Waals surface area contributed by atoms with E-state index in [-0.39, 0.29) is 5.91 Å². The minimum atomic E-state index is -0.202. The molecule has 2 rings (SSSR count). The van der Waals surface area contributed by atoms with Gasteiger partial charge in [-0.25, -0.2) is 4.98 Å². The Labute approximate surface area is 115 Å². The maximum Gasteiger partial charge on any atom is 0.253 e. The molecule has 0 aliphatic rings. The van der Waals surface area contributed by atoms with Crippen LogP contribution < -0.4 is 15.8 Å². The lowest BCUT2D eigenvalue weighted by Crippen LogP contribution is -2.26. The average molecular weight is 277 g/mol. The molecule has 3 N–H and O–H groups in total. The maximum absolute atomic E-state index is 12.0. The molecular formula is C13H15N3O2S. The van der Waals surface area contributed by atoms with Gasteiger partial charge in [0.05, 0.1) is 29.6 Å². The van der Waals surface area contributed by atoms with Crippen molar-refractivity contribution in [2.24, 2.45) is 0 Å². The van der Waals surface area contributed by atoms with Crippen molar-refractivity contribution in [3.63, 3.8) is 0 Å². The molecule has 5 nitrogen and oxygen atoms in total. The van der Waals surface area contributed by atoms with Crippen molar-refractivity contribution >= 4 is 22.9 Å². The number of amides is 1. The highest BCUT2D eigenvalue weighted by Gasteiger charge is 2.12. The summed E-state index contributed by atoms with van der Waals surface area (Å²) in [5.74, 6) is 0.304. The SMILES string of the molecule is COc1cccc(C(=O)NCCc2cscn2)c1N. The van der Waals surface area contributed by atoms with Crippen molar-refractivity contribution in [1.82, 2.24) is 10.3 Å². The molecule has 1 amide bonds. The van der Waals surface area contributed by atoms with Gasteiger partial charge < -0.3 is 15.8 Å². The number of nitrogens with zero attached hydrogens (tertiary/aromatic N) is 1. The van der Waals surface area contributed by atoms with Crippen LogP contribution >= 0.6 is 11.3 Å². The van der Waals surface area contributed by atoms with Crippen molar-refractivity contribution in [1.29, 1.82) is 0 Å². The van der Waals surface area contributed by atoms with E-state index in [0.29, 0.717) is 30.0 Å². The summed E-state index contributed by atoms with van der Waals surface area (Å²) in [6.45, 7) is 0.527. The lowest BCUT2D eigenvalue weighted by molar-refractivity contribution is 0.0954. The van der Waals surface area contributed by atoms with Gasteiger partial charge in [0.2, 0.25) is 0 Å². The highest BCUT2D eigenvalue weighted by molar-refractivity contribution is 7.07. The van der Waals surface area contributed by atoms with Crippen molar-refractivity contribution in [2.75, 3.05) is 19.4 Å². The number of nitrogens with one attached hydrogen (secondary N) is 1. The Morgan fingerprint density at radius 1 is 1.53 bits per heavy atom. The third kappa shape index (κ3) is 3.23. The van der Waals surface area contributed by atoms with E-state index in [4.69, 9.17) is 10.5 Å². The van der Waals surface area contributed by atoms with E-state index in [9.17, 15) is 4.79 Å². The van der Waals surface area contributed by atoms with E-state index in [2.05, 4.69) is 10.3 Å². The number of thiazole rings is 1. The monoisotopic (exact) mass is 277 g/mol. The lowest BCUT2D eigenvalue weighted by atomic mass is 10.1. The highest BCUT2D eigenvalue weighted by Crippen LogP contribution is 2.24. The number of aromatic nitrogens is 1. The van der Waals surface area contributed by atoms with Crippen LogP contribution in [0.1, 0.15) is 16.1 Å². The first-order valence-electron chi connectivity index (χ1n) is 5.80. The Balaban J connectivity index is 1.96. The van der Waals surface area contributed by atoms with Gasteiger partial charge in [0.1, 0.15) is 5.75 Å². The molecule has 19 heavy (non-hydrogen) atoms. The average Bonchev–Trinajstić information content (AvgIpc) is 2.92. The van der Waals surface area contributed by atoms with Crippen molar-refractivity contribution < 1.29 is 9.53 Å². The number of para-hydroxylation sites is 1. The predicted octanol–water partition coefficient (Wildman–Crippen LogP) is 1.71. The quantitative estimate of drug-likeness (QED) is 0.816. The zero-order chi connectivity index (χ0) is 13.7. The van der Waals surface area contributed by atoms with Crippen molar-refractivity contribution in [3.05, 3.63) is 40.3 Å². The molecule has 0 fully saturated rings. The minimum Gasteiger partial charge on any atom is -0.495 e. The molecule has 0 saturated carbocycles. The largest absolute Gasteiger partial charge is 0.495 e. The van der Waals surface area contributed by atoms with Crippen LogP contribution in [0, 0.1) is 0 Å². The standard InChI is InChI=1S/C13H15N3O2S/c1-18-11-4-2-3-10(12(11)14)13(17)15-6-5-9-7-19-8-16-9/h2-4,7-8H,5-6,14H2,1H3,(H,15,17). The van der Waals surface area contributed by atoms with Crippen LogP contribution in [0.25, 0.3) is 0 Å². The van der Waals surface area contributed by atoms with Gasteiger partial charge in [-0.3, -0.25) is 4.79 Å². The molecular weight excluding hydrogens is 262 g/mol. The summed E-state index contributed by atoms with van der Waals surface area (Å²) in [4.78, 5) is 16.2. The second-order valence-corrected chi connectivity index (χ2v) is 4.63. The number of hydrogen-bond acceptors (Lipinski definition) is 5. The Morgan fingerprint density at radius 2 is 2.37 bits per heavy atom. The van der Waals surface area contributed by atoms with E-state index in [1.54, 1.807) is 35.0 Å². The molecule has 0 atom stereocenters. The van der Waals surface area contributed by atoms with E-state index in [1.807, 2.05) is 5.38 Å². The Kier molecular flexibility index (Phi) is 4.35. The maximum atomic E-state index is 12.0. The number of anilines is 1. The van der Waals surface area contributed by atoms with E-state index < -0.39 is 0 Å². The molecule has 0 bridgehead atoms. The van der Waals surface area contributed by atoms with Crippen LogP contribution in [0.4, 0.5) is 5.69 Å². The first kappa shape index (κ1) is 13.4. The number of nitrogens with two attached hydrogens (primary N) is 1. The summed E-state index contributed by atoms with van der Waals surface area (Å²) in [5.41, 5.74) is 9.40. The third-order valence-corrected chi connectivity index (χ3v) is 3.32. The molecule has 2 aromatic rings. The molecule has 0 aliphatic carbocycles. The van der Waals surface area contributed by atoms with Crippen LogP contribution in [-0.2, 0) is 6.42 Å². The van der Waals surface area contributed by atoms with Gasteiger partial charge in [-0.15, -0.1) is 11.3 Å². The van der Waals surface area contributed by atoms with Gasteiger partial charge in [0.25, 0.3) is 5.91 Å². The second kappa shape index (κ2) is 6.19. The second-order valence-electron chi connectivity index (χ2n) is 3.91. The Hall–Kier alpha value is -2.08. The molecule has 0 aliphatic heterocycles. The van der Waals surface area contributed by atoms with Crippen molar-refractivity contribution in [3.8, 4) is 5.75 Å². The smallest absolute Gasteiger partial charge is 0.253 e. The van der Waals surface area contributed by atoms with Gasteiger partial charge in [0, 0.05) is 18.3 Å². The first-order chi connectivity index (χ1) is 9.22. The van der Waals surface area contributed by atoms with Gasteiger partial charge >= 0.3 is 0 Å². The molecule has 0 saturated heterocycles. The van der Waals surface area contributed by atoms with Gasteiger partial charge in [0.15, 0.2) is 0 Å². The number of nitrogen functional groups attached to an aromatic ring is 1. The van der Waals surface area contributed by atoms with E-state index in [1.165, 1.54) is 7.11 Å². The molecule has 0 spiro atoms. The van der Waals surface area contributed by atoms with Crippen LogP contribution in [0.3, 0.4) is 0 Å². The first-order valence-corrected chi connectivity index (χ1v) is 6.74.